The van der Waals surface area contributed by atoms with E-state index in [-0.39, 0.29) is 12.2 Å². The first-order valence-electron chi connectivity index (χ1n) is 8.47. The van der Waals surface area contributed by atoms with Crippen LogP contribution in [0.25, 0.3) is 5.69 Å². The SMILES string of the molecule is Cc1ccc(-n2nnc(C(=O)Cc3ccc4c(c3)B(O)OC4)c2C)cc1. The number of aromatic nitrogens is 3. The highest BCUT2D eigenvalue weighted by Crippen LogP contribution is 2.16. The molecule has 0 atom stereocenters. The van der Waals surface area contributed by atoms with E-state index in [0.29, 0.717) is 18.0 Å². The Kier molecular flexibility index (Phi) is 4.18. The average molecular weight is 347 g/mol. The van der Waals surface area contributed by atoms with E-state index in [2.05, 4.69) is 10.3 Å². The zero-order chi connectivity index (χ0) is 18.3. The van der Waals surface area contributed by atoms with E-state index in [9.17, 15) is 9.82 Å². The maximum Gasteiger partial charge on any atom is 0.491 e. The normalized spacial score (nSPS) is 13.1. The standard InChI is InChI=1S/C19H18BN3O3/c1-12-3-7-16(8-4-12)23-13(2)19(21-22-23)18(24)10-14-5-6-15-11-26-20(25)17(15)9-14/h3-9,25H,10-11H2,1-2H3. The molecule has 0 unspecified atom stereocenters. The molecular weight excluding hydrogens is 329 g/mol. The van der Waals surface area contributed by atoms with Crippen LogP contribution in [0.15, 0.2) is 42.5 Å². The molecule has 2 heterocycles. The van der Waals surface area contributed by atoms with Gasteiger partial charge in [-0.15, -0.1) is 5.10 Å². The van der Waals surface area contributed by atoms with Gasteiger partial charge in [0.05, 0.1) is 18.0 Å². The summed E-state index contributed by atoms with van der Waals surface area (Å²) < 4.78 is 6.87. The van der Waals surface area contributed by atoms with E-state index in [0.717, 1.165) is 27.8 Å². The molecule has 0 bridgehead atoms. The van der Waals surface area contributed by atoms with Crippen molar-refractivity contribution in [3.63, 3.8) is 0 Å². The van der Waals surface area contributed by atoms with Gasteiger partial charge in [-0.1, -0.05) is 41.1 Å². The molecule has 0 saturated heterocycles. The summed E-state index contributed by atoms with van der Waals surface area (Å²) in [4.78, 5) is 12.7. The van der Waals surface area contributed by atoms with Crippen LogP contribution in [0.2, 0.25) is 0 Å². The van der Waals surface area contributed by atoms with E-state index in [4.69, 9.17) is 4.65 Å². The third-order valence-corrected chi connectivity index (χ3v) is 4.67. The number of hydrogen-bond acceptors (Lipinski definition) is 5. The molecule has 0 aliphatic carbocycles. The van der Waals surface area contributed by atoms with Crippen LogP contribution in [0.5, 0.6) is 0 Å². The first kappa shape index (κ1) is 16.7. The van der Waals surface area contributed by atoms with Crippen LogP contribution in [0.4, 0.5) is 0 Å². The molecule has 0 amide bonds. The second kappa shape index (κ2) is 6.51. The van der Waals surface area contributed by atoms with Crippen molar-refractivity contribution in [2.75, 3.05) is 0 Å². The number of fused-ring (bicyclic) bond motifs is 1. The zero-order valence-electron chi connectivity index (χ0n) is 14.6. The van der Waals surface area contributed by atoms with Gasteiger partial charge >= 0.3 is 7.12 Å². The minimum Gasteiger partial charge on any atom is -0.423 e. The summed E-state index contributed by atoms with van der Waals surface area (Å²) in [5, 5.41) is 18.0. The molecule has 4 rings (SSSR count). The van der Waals surface area contributed by atoms with Crippen LogP contribution < -0.4 is 5.46 Å². The number of benzene rings is 2. The molecule has 0 radical (unpaired) electrons. The van der Waals surface area contributed by atoms with Crippen molar-refractivity contribution >= 4 is 18.4 Å². The van der Waals surface area contributed by atoms with Gasteiger partial charge in [-0.05, 0) is 42.6 Å². The largest absolute Gasteiger partial charge is 0.491 e. The summed E-state index contributed by atoms with van der Waals surface area (Å²) in [6.45, 7) is 4.26. The lowest BCUT2D eigenvalue weighted by molar-refractivity contribution is 0.0987. The quantitative estimate of drug-likeness (QED) is 0.572. The number of carbonyl (C=O) groups excluding carboxylic acids is 1. The van der Waals surface area contributed by atoms with Gasteiger partial charge in [0.1, 0.15) is 0 Å². The first-order valence-corrected chi connectivity index (χ1v) is 8.47. The summed E-state index contributed by atoms with van der Waals surface area (Å²) in [6, 6.07) is 13.5. The van der Waals surface area contributed by atoms with E-state index in [1.807, 2.05) is 56.3 Å². The molecule has 26 heavy (non-hydrogen) atoms. The third-order valence-electron chi connectivity index (χ3n) is 4.67. The number of rotatable bonds is 4. The number of ketones is 1. The molecule has 7 heteroatoms. The minimum absolute atomic E-state index is 0.103. The van der Waals surface area contributed by atoms with Gasteiger partial charge < -0.3 is 9.68 Å². The summed E-state index contributed by atoms with van der Waals surface area (Å²) in [6.07, 6.45) is 0.202. The van der Waals surface area contributed by atoms with Crippen LogP contribution in [0.1, 0.15) is 32.9 Å². The molecule has 1 aliphatic heterocycles. The summed E-state index contributed by atoms with van der Waals surface area (Å²) in [5.74, 6) is -0.103. The Morgan fingerprint density at radius 1 is 1.23 bits per heavy atom. The van der Waals surface area contributed by atoms with Gasteiger partial charge in [0.25, 0.3) is 0 Å². The van der Waals surface area contributed by atoms with Crippen LogP contribution >= 0.6 is 0 Å². The number of carbonyl (C=O) groups is 1. The number of Topliss-reactive ketones (excluding diaryl/α,β-unsaturated/α-hetero) is 1. The van der Waals surface area contributed by atoms with Crippen molar-refractivity contribution in [3.05, 3.63) is 70.5 Å². The van der Waals surface area contributed by atoms with Crippen molar-refractivity contribution in [2.45, 2.75) is 26.9 Å². The van der Waals surface area contributed by atoms with Crippen molar-refractivity contribution in [2.24, 2.45) is 0 Å². The molecule has 0 spiro atoms. The Hall–Kier alpha value is -2.77. The molecule has 2 aromatic carbocycles. The fraction of sp³-hybridized carbons (Fsp3) is 0.211. The molecule has 1 aliphatic rings. The van der Waals surface area contributed by atoms with Crippen LogP contribution in [-0.2, 0) is 17.7 Å². The van der Waals surface area contributed by atoms with Gasteiger partial charge in [-0.25, -0.2) is 4.68 Å². The molecule has 3 aromatic rings. The highest BCUT2D eigenvalue weighted by Gasteiger charge is 2.27. The van der Waals surface area contributed by atoms with Crippen LogP contribution in [0, 0.1) is 13.8 Å². The summed E-state index contributed by atoms with van der Waals surface area (Å²) in [7, 11) is -0.913. The Balaban J connectivity index is 1.58. The monoisotopic (exact) mass is 347 g/mol. The molecule has 6 nitrogen and oxygen atoms in total. The van der Waals surface area contributed by atoms with E-state index >= 15 is 0 Å². The molecule has 0 saturated carbocycles. The van der Waals surface area contributed by atoms with Crippen LogP contribution in [-0.4, -0.2) is 32.9 Å². The zero-order valence-corrected chi connectivity index (χ0v) is 14.6. The molecule has 0 fully saturated rings. The van der Waals surface area contributed by atoms with Crippen LogP contribution in [0.3, 0.4) is 0 Å². The maximum atomic E-state index is 12.7. The highest BCUT2D eigenvalue weighted by atomic mass is 16.5. The van der Waals surface area contributed by atoms with Gasteiger partial charge in [-0.3, -0.25) is 4.79 Å². The Bertz CT molecular complexity index is 982. The number of hydrogen-bond donors (Lipinski definition) is 1. The van der Waals surface area contributed by atoms with E-state index < -0.39 is 7.12 Å². The highest BCUT2D eigenvalue weighted by molar-refractivity contribution is 6.61. The Labute approximate surface area is 151 Å². The fourth-order valence-corrected chi connectivity index (χ4v) is 3.16. The maximum absolute atomic E-state index is 12.7. The second-order valence-corrected chi connectivity index (χ2v) is 6.57. The summed E-state index contributed by atoms with van der Waals surface area (Å²) in [5.41, 5.74) is 5.61. The topological polar surface area (TPSA) is 77.2 Å². The fourth-order valence-electron chi connectivity index (χ4n) is 3.16. The summed E-state index contributed by atoms with van der Waals surface area (Å²) >= 11 is 0. The predicted molar refractivity (Wildman–Crippen MR) is 97.7 cm³/mol. The smallest absolute Gasteiger partial charge is 0.423 e. The molecule has 1 aromatic heterocycles. The minimum atomic E-state index is -0.913. The predicted octanol–water partition coefficient (Wildman–Crippen LogP) is 1.53. The number of aryl methyl sites for hydroxylation is 1. The molecule has 130 valence electrons. The second-order valence-electron chi connectivity index (χ2n) is 6.57. The third kappa shape index (κ3) is 2.96. The number of nitrogens with zero attached hydrogens (tertiary/aromatic N) is 3. The van der Waals surface area contributed by atoms with E-state index in [1.54, 1.807) is 4.68 Å². The first-order chi connectivity index (χ1) is 12.5. The lowest BCUT2D eigenvalue weighted by Crippen LogP contribution is -2.28. The Morgan fingerprint density at radius 2 is 2.00 bits per heavy atom. The molecular formula is C19H18BN3O3. The van der Waals surface area contributed by atoms with Crippen molar-refractivity contribution < 1.29 is 14.5 Å². The van der Waals surface area contributed by atoms with Crippen molar-refractivity contribution in [1.29, 1.82) is 0 Å². The van der Waals surface area contributed by atoms with Gasteiger partial charge in [0.2, 0.25) is 0 Å². The van der Waals surface area contributed by atoms with Gasteiger partial charge in [0, 0.05) is 6.42 Å². The van der Waals surface area contributed by atoms with Crippen molar-refractivity contribution in [1.82, 2.24) is 15.0 Å². The van der Waals surface area contributed by atoms with Gasteiger partial charge in [0.15, 0.2) is 11.5 Å². The lowest BCUT2D eigenvalue weighted by atomic mass is 9.78. The lowest BCUT2D eigenvalue weighted by Gasteiger charge is -2.05. The Morgan fingerprint density at radius 3 is 2.77 bits per heavy atom. The van der Waals surface area contributed by atoms with Crippen molar-refractivity contribution in [3.8, 4) is 5.69 Å². The van der Waals surface area contributed by atoms with E-state index in [1.165, 1.54) is 0 Å². The van der Waals surface area contributed by atoms with Gasteiger partial charge in [-0.2, -0.15) is 0 Å². The average Bonchev–Trinajstić information content (AvgIpc) is 3.19. The molecule has 1 N–H and O–H groups in total.